The summed E-state index contributed by atoms with van der Waals surface area (Å²) in [4.78, 5) is 5.69. The Kier molecular flexibility index (Phi) is 5.86. The van der Waals surface area contributed by atoms with Crippen LogP contribution in [-0.2, 0) is 28.7 Å². The summed E-state index contributed by atoms with van der Waals surface area (Å²) in [6, 6.07) is 17.7. The summed E-state index contributed by atoms with van der Waals surface area (Å²) in [5, 5.41) is 0.793. The topological polar surface area (TPSA) is 59.1 Å². The number of thiazole rings is 1. The van der Waals surface area contributed by atoms with Gasteiger partial charge in [-0.2, -0.15) is 0 Å². The van der Waals surface area contributed by atoms with Gasteiger partial charge >= 0.3 is 0 Å². The first-order valence-corrected chi connectivity index (χ1v) is 10.9. The van der Waals surface area contributed by atoms with Gasteiger partial charge in [0.2, 0.25) is 10.0 Å². The van der Waals surface area contributed by atoms with E-state index in [0.29, 0.717) is 0 Å². The maximum Gasteiger partial charge on any atom is 0.216 e. The normalized spacial score (nSPS) is 11.6. The van der Waals surface area contributed by atoms with Crippen molar-refractivity contribution in [3.05, 3.63) is 86.9 Å². The van der Waals surface area contributed by atoms with Gasteiger partial charge in [0, 0.05) is 11.3 Å². The van der Waals surface area contributed by atoms with E-state index in [2.05, 4.69) is 21.8 Å². The molecule has 3 rings (SSSR count). The first kappa shape index (κ1) is 18.8. The van der Waals surface area contributed by atoms with Crippen LogP contribution < -0.4 is 4.72 Å². The molecule has 0 aliphatic rings. The van der Waals surface area contributed by atoms with E-state index in [-0.39, 0.29) is 12.3 Å². The van der Waals surface area contributed by atoms with Crippen LogP contribution in [-0.4, -0.2) is 13.4 Å². The van der Waals surface area contributed by atoms with E-state index in [1.807, 2.05) is 56.3 Å². The van der Waals surface area contributed by atoms with Crippen molar-refractivity contribution in [2.24, 2.45) is 0 Å². The Morgan fingerprint density at radius 3 is 2.35 bits per heavy atom. The molecule has 0 spiro atoms. The van der Waals surface area contributed by atoms with Crippen molar-refractivity contribution in [2.75, 3.05) is 0 Å². The van der Waals surface area contributed by atoms with Crippen LogP contribution in [0.15, 0.2) is 54.6 Å². The van der Waals surface area contributed by atoms with Gasteiger partial charge in [0.15, 0.2) is 0 Å². The van der Waals surface area contributed by atoms with Gasteiger partial charge in [0.1, 0.15) is 5.01 Å². The van der Waals surface area contributed by atoms with Crippen molar-refractivity contribution in [1.82, 2.24) is 9.71 Å². The molecule has 3 aromatic rings. The Bertz CT molecular complexity index is 963. The minimum absolute atomic E-state index is 0.0193. The summed E-state index contributed by atoms with van der Waals surface area (Å²) >= 11 is 1.57. The fourth-order valence-corrected chi connectivity index (χ4v) is 4.86. The molecule has 4 nitrogen and oxygen atoms in total. The molecule has 0 atom stereocenters. The van der Waals surface area contributed by atoms with Gasteiger partial charge in [-0.05, 0) is 25.0 Å². The highest BCUT2D eigenvalue weighted by Gasteiger charge is 2.14. The lowest BCUT2D eigenvalue weighted by Gasteiger charge is -2.05. The van der Waals surface area contributed by atoms with E-state index >= 15 is 0 Å². The van der Waals surface area contributed by atoms with Crippen LogP contribution >= 0.6 is 11.3 Å². The van der Waals surface area contributed by atoms with Crippen molar-refractivity contribution in [1.29, 1.82) is 0 Å². The largest absolute Gasteiger partial charge is 0.245 e. The molecule has 6 heteroatoms. The van der Waals surface area contributed by atoms with Crippen molar-refractivity contribution in [2.45, 2.75) is 32.6 Å². The molecular weight excluding hydrogens is 364 g/mol. The summed E-state index contributed by atoms with van der Waals surface area (Å²) in [6.45, 7) is 4.18. The Balaban J connectivity index is 1.62. The van der Waals surface area contributed by atoms with Gasteiger partial charge in [-0.3, -0.25) is 0 Å². The van der Waals surface area contributed by atoms with Gasteiger partial charge in [0.05, 0.1) is 18.0 Å². The second-order valence-corrected chi connectivity index (χ2v) is 9.32. The highest BCUT2D eigenvalue weighted by molar-refractivity contribution is 7.88. The third kappa shape index (κ3) is 5.24. The zero-order valence-electron chi connectivity index (χ0n) is 14.9. The molecule has 0 bridgehead atoms. The van der Waals surface area contributed by atoms with Crippen LogP contribution in [0.1, 0.15) is 32.3 Å². The van der Waals surface area contributed by atoms with Crippen LogP contribution in [0, 0.1) is 13.8 Å². The second-order valence-electron chi connectivity index (χ2n) is 6.34. The summed E-state index contributed by atoms with van der Waals surface area (Å²) in [7, 11) is -3.39. The molecule has 1 N–H and O–H groups in total. The van der Waals surface area contributed by atoms with Gasteiger partial charge in [-0.1, -0.05) is 60.2 Å². The molecule has 1 aromatic heterocycles. The number of nitrogens with zero attached hydrogens (tertiary/aromatic N) is 1. The minimum Gasteiger partial charge on any atom is -0.245 e. The zero-order chi connectivity index (χ0) is 18.6. The highest BCUT2D eigenvalue weighted by atomic mass is 32.2. The third-order valence-electron chi connectivity index (χ3n) is 4.07. The van der Waals surface area contributed by atoms with E-state index in [0.717, 1.165) is 28.2 Å². The standard InChI is InChI=1S/C20H22N2O2S2/c1-15-8-10-18(11-9-15)14-26(23,24)21-13-20-22-16(2)19(25-20)12-17-6-4-3-5-7-17/h3-11,21H,12-14H2,1-2H3. The van der Waals surface area contributed by atoms with E-state index in [4.69, 9.17) is 0 Å². The Labute approximate surface area is 159 Å². The van der Waals surface area contributed by atoms with Crippen LogP contribution in [0.3, 0.4) is 0 Å². The minimum atomic E-state index is -3.39. The highest BCUT2D eigenvalue weighted by Crippen LogP contribution is 2.22. The van der Waals surface area contributed by atoms with Crippen LogP contribution in [0.4, 0.5) is 0 Å². The number of aromatic nitrogens is 1. The SMILES string of the molecule is Cc1ccc(CS(=O)(=O)NCc2nc(C)c(Cc3ccccc3)s2)cc1. The zero-order valence-corrected chi connectivity index (χ0v) is 16.5. The third-order valence-corrected chi connectivity index (χ3v) is 6.52. The lowest BCUT2D eigenvalue weighted by atomic mass is 10.1. The van der Waals surface area contributed by atoms with Crippen molar-refractivity contribution in [3.8, 4) is 0 Å². The van der Waals surface area contributed by atoms with Crippen LogP contribution in [0.25, 0.3) is 0 Å². The predicted molar refractivity (Wildman–Crippen MR) is 107 cm³/mol. The van der Waals surface area contributed by atoms with Crippen molar-refractivity contribution in [3.63, 3.8) is 0 Å². The average Bonchev–Trinajstić information content (AvgIpc) is 2.96. The number of rotatable bonds is 7. The maximum atomic E-state index is 12.3. The quantitative estimate of drug-likeness (QED) is 0.668. The van der Waals surface area contributed by atoms with Crippen molar-refractivity contribution < 1.29 is 8.42 Å². The van der Waals surface area contributed by atoms with E-state index in [9.17, 15) is 8.42 Å². The molecular formula is C20H22N2O2S2. The molecule has 0 aliphatic heterocycles. The lowest BCUT2D eigenvalue weighted by molar-refractivity contribution is 0.580. The smallest absolute Gasteiger partial charge is 0.216 e. The van der Waals surface area contributed by atoms with Gasteiger partial charge in [-0.25, -0.2) is 18.1 Å². The van der Waals surface area contributed by atoms with E-state index in [1.165, 1.54) is 10.4 Å². The molecule has 0 fully saturated rings. The molecule has 0 unspecified atom stereocenters. The first-order valence-electron chi connectivity index (χ1n) is 8.43. The monoisotopic (exact) mass is 386 g/mol. The fraction of sp³-hybridized carbons (Fsp3) is 0.250. The maximum absolute atomic E-state index is 12.3. The molecule has 0 radical (unpaired) electrons. The first-order chi connectivity index (χ1) is 12.4. The summed E-state index contributed by atoms with van der Waals surface area (Å²) in [5.74, 6) is -0.0193. The summed E-state index contributed by atoms with van der Waals surface area (Å²) in [5.41, 5.74) is 4.09. The number of sulfonamides is 1. The average molecular weight is 387 g/mol. The second kappa shape index (κ2) is 8.12. The molecule has 0 amide bonds. The number of nitrogens with one attached hydrogen (secondary N) is 1. The van der Waals surface area contributed by atoms with Crippen LogP contribution in [0.2, 0.25) is 0 Å². The summed E-state index contributed by atoms with van der Waals surface area (Å²) < 4.78 is 27.3. The van der Waals surface area contributed by atoms with E-state index in [1.54, 1.807) is 11.3 Å². The Morgan fingerprint density at radius 1 is 0.962 bits per heavy atom. The molecule has 0 saturated heterocycles. The fourth-order valence-electron chi connectivity index (χ4n) is 2.64. The number of aryl methyl sites for hydroxylation is 2. The number of benzene rings is 2. The van der Waals surface area contributed by atoms with E-state index < -0.39 is 10.0 Å². The molecule has 1 heterocycles. The number of hydrogen-bond donors (Lipinski definition) is 1. The van der Waals surface area contributed by atoms with Crippen LogP contribution in [0.5, 0.6) is 0 Å². The molecule has 26 heavy (non-hydrogen) atoms. The lowest BCUT2D eigenvalue weighted by Crippen LogP contribution is -2.24. The predicted octanol–water partition coefficient (Wildman–Crippen LogP) is 3.97. The molecule has 2 aromatic carbocycles. The Hall–Kier alpha value is -2.02. The molecule has 136 valence electrons. The summed E-state index contributed by atoms with van der Waals surface area (Å²) in [6.07, 6.45) is 0.820. The Morgan fingerprint density at radius 2 is 1.65 bits per heavy atom. The molecule has 0 saturated carbocycles. The number of hydrogen-bond acceptors (Lipinski definition) is 4. The molecule has 0 aliphatic carbocycles. The van der Waals surface area contributed by atoms with Gasteiger partial charge in [0.25, 0.3) is 0 Å². The van der Waals surface area contributed by atoms with Gasteiger partial charge < -0.3 is 0 Å². The van der Waals surface area contributed by atoms with Gasteiger partial charge in [-0.15, -0.1) is 11.3 Å². The van der Waals surface area contributed by atoms with Crippen molar-refractivity contribution >= 4 is 21.4 Å².